The van der Waals surface area contributed by atoms with Crippen molar-refractivity contribution in [2.75, 3.05) is 6.61 Å². The van der Waals surface area contributed by atoms with Crippen LogP contribution in [0.5, 0.6) is 0 Å². The van der Waals surface area contributed by atoms with Crippen LogP contribution in [0, 0.1) is 0 Å². The first-order chi connectivity index (χ1) is 4.72. The van der Waals surface area contributed by atoms with Gasteiger partial charge < -0.3 is 10.2 Å². The monoisotopic (exact) mass is 142 g/mol. The molecule has 0 aliphatic carbocycles. The maximum atomic E-state index is 9.00. The molecule has 0 aliphatic heterocycles. The average molecular weight is 142 g/mol. The molecule has 0 radical (unpaired) electrons. The summed E-state index contributed by atoms with van der Waals surface area (Å²) in [6.07, 6.45) is 4.76. The minimum Gasteiger partial charge on any atom is -0.393 e. The summed E-state index contributed by atoms with van der Waals surface area (Å²) in [5.74, 6) is 0. The van der Waals surface area contributed by atoms with Gasteiger partial charge in [0.05, 0.1) is 12.7 Å². The van der Waals surface area contributed by atoms with Crippen molar-refractivity contribution >= 4 is 0 Å². The number of aliphatic hydroxyl groups is 2. The van der Waals surface area contributed by atoms with Crippen LogP contribution in [0.15, 0.2) is 23.8 Å². The van der Waals surface area contributed by atoms with E-state index in [1.165, 1.54) is 0 Å². The normalized spacial score (nSPS) is 16.2. The Balaban J connectivity index is 3.91. The highest BCUT2D eigenvalue weighted by Crippen LogP contribution is 1.99. The van der Waals surface area contributed by atoms with Crippen LogP contribution in [0.2, 0.25) is 0 Å². The molecule has 0 saturated heterocycles. The van der Waals surface area contributed by atoms with Gasteiger partial charge in [-0.05, 0) is 19.4 Å². The second kappa shape index (κ2) is 5.21. The van der Waals surface area contributed by atoms with Crippen LogP contribution >= 0.6 is 0 Å². The van der Waals surface area contributed by atoms with Gasteiger partial charge in [-0.1, -0.05) is 18.2 Å². The molecule has 0 unspecified atom stereocenters. The fourth-order valence-electron chi connectivity index (χ4n) is 0.503. The number of aliphatic hydroxyl groups excluding tert-OH is 2. The molecular weight excluding hydrogens is 128 g/mol. The molecule has 0 aromatic carbocycles. The molecule has 0 fully saturated rings. The Morgan fingerprint density at radius 3 is 2.60 bits per heavy atom. The molecule has 0 heterocycles. The van der Waals surface area contributed by atoms with Gasteiger partial charge in [-0.2, -0.15) is 0 Å². The van der Waals surface area contributed by atoms with E-state index in [0.29, 0.717) is 0 Å². The summed E-state index contributed by atoms with van der Waals surface area (Å²) in [6, 6.07) is 0. The second-order valence-corrected chi connectivity index (χ2v) is 2.13. The first-order valence-electron chi connectivity index (χ1n) is 3.30. The maximum Gasteiger partial charge on any atom is 0.0981 e. The molecule has 0 rings (SSSR count). The highest BCUT2D eigenvalue weighted by atomic mass is 16.3. The average Bonchev–Trinajstić information content (AvgIpc) is 1.98. The van der Waals surface area contributed by atoms with Crippen molar-refractivity contribution in [2.45, 2.75) is 20.0 Å². The molecule has 0 aromatic rings. The lowest BCUT2D eigenvalue weighted by molar-refractivity contribution is 0.122. The lowest BCUT2D eigenvalue weighted by Crippen LogP contribution is -2.12. The number of hydrogen-bond donors (Lipinski definition) is 2. The van der Waals surface area contributed by atoms with Gasteiger partial charge in [0, 0.05) is 0 Å². The van der Waals surface area contributed by atoms with Crippen molar-refractivity contribution in [3.8, 4) is 0 Å². The molecule has 2 nitrogen and oxygen atoms in total. The smallest absolute Gasteiger partial charge is 0.0981 e. The standard InChI is InChI=1S/C8H14O2/c1-3-4-5-7(2)8(10)6-9/h3-5,8-10H,6H2,1-2H3/b4-3+,7-5+/t8-/m1/s1. The Morgan fingerprint density at radius 2 is 2.20 bits per heavy atom. The van der Waals surface area contributed by atoms with Crippen LogP contribution in [0.1, 0.15) is 13.8 Å². The molecule has 10 heavy (non-hydrogen) atoms. The topological polar surface area (TPSA) is 40.5 Å². The molecule has 2 N–H and O–H groups in total. The highest BCUT2D eigenvalue weighted by Gasteiger charge is 2.00. The van der Waals surface area contributed by atoms with Crippen LogP contribution < -0.4 is 0 Å². The molecule has 2 heteroatoms. The molecule has 0 bridgehead atoms. The van der Waals surface area contributed by atoms with Crippen molar-refractivity contribution in [3.05, 3.63) is 23.8 Å². The fourth-order valence-corrected chi connectivity index (χ4v) is 0.503. The van der Waals surface area contributed by atoms with Crippen molar-refractivity contribution in [1.29, 1.82) is 0 Å². The van der Waals surface area contributed by atoms with Crippen molar-refractivity contribution in [2.24, 2.45) is 0 Å². The molecule has 0 spiro atoms. The van der Waals surface area contributed by atoms with Gasteiger partial charge in [0.25, 0.3) is 0 Å². The molecule has 0 aromatic heterocycles. The number of allylic oxidation sites excluding steroid dienone is 3. The molecule has 0 saturated carbocycles. The van der Waals surface area contributed by atoms with Gasteiger partial charge in [-0.25, -0.2) is 0 Å². The van der Waals surface area contributed by atoms with E-state index in [1.54, 1.807) is 13.0 Å². The molecule has 0 amide bonds. The zero-order valence-electron chi connectivity index (χ0n) is 6.41. The van der Waals surface area contributed by atoms with E-state index in [-0.39, 0.29) is 6.61 Å². The van der Waals surface area contributed by atoms with E-state index in [2.05, 4.69) is 0 Å². The Kier molecular flexibility index (Phi) is 4.89. The molecule has 58 valence electrons. The number of rotatable bonds is 3. The molecule has 1 atom stereocenters. The number of hydrogen-bond acceptors (Lipinski definition) is 2. The Bertz CT molecular complexity index is 136. The van der Waals surface area contributed by atoms with E-state index >= 15 is 0 Å². The maximum absolute atomic E-state index is 9.00. The van der Waals surface area contributed by atoms with E-state index in [4.69, 9.17) is 10.2 Å². The molecular formula is C8H14O2. The third-order valence-corrected chi connectivity index (χ3v) is 1.25. The SMILES string of the molecule is C/C=C/C=C(\C)[C@H](O)CO. The van der Waals surface area contributed by atoms with E-state index in [0.717, 1.165) is 5.57 Å². The van der Waals surface area contributed by atoms with Crippen molar-refractivity contribution in [3.63, 3.8) is 0 Å². The minimum absolute atomic E-state index is 0.208. The zero-order valence-corrected chi connectivity index (χ0v) is 6.41. The minimum atomic E-state index is -0.712. The summed E-state index contributed by atoms with van der Waals surface area (Å²) < 4.78 is 0. The first kappa shape index (κ1) is 9.40. The third kappa shape index (κ3) is 3.43. The lowest BCUT2D eigenvalue weighted by atomic mass is 10.1. The van der Waals surface area contributed by atoms with Gasteiger partial charge in [0.1, 0.15) is 0 Å². The van der Waals surface area contributed by atoms with Gasteiger partial charge in [0.15, 0.2) is 0 Å². The van der Waals surface area contributed by atoms with Gasteiger partial charge in [-0.15, -0.1) is 0 Å². The zero-order chi connectivity index (χ0) is 7.98. The first-order valence-corrected chi connectivity index (χ1v) is 3.30. The van der Waals surface area contributed by atoms with Crippen LogP contribution in [0.4, 0.5) is 0 Å². The third-order valence-electron chi connectivity index (χ3n) is 1.25. The van der Waals surface area contributed by atoms with Gasteiger partial charge in [0.2, 0.25) is 0 Å². The summed E-state index contributed by atoms with van der Waals surface area (Å²) >= 11 is 0. The summed E-state index contributed by atoms with van der Waals surface area (Å²) in [7, 11) is 0. The Labute approximate surface area is 61.5 Å². The predicted octanol–water partition coefficient (Wildman–Crippen LogP) is 0.862. The van der Waals surface area contributed by atoms with E-state index in [1.807, 2.05) is 19.1 Å². The highest BCUT2D eigenvalue weighted by molar-refractivity contribution is 5.13. The van der Waals surface area contributed by atoms with Gasteiger partial charge in [-0.3, -0.25) is 0 Å². The van der Waals surface area contributed by atoms with E-state index in [9.17, 15) is 0 Å². The van der Waals surface area contributed by atoms with Crippen molar-refractivity contribution in [1.82, 2.24) is 0 Å². The summed E-state index contributed by atoms with van der Waals surface area (Å²) in [4.78, 5) is 0. The van der Waals surface area contributed by atoms with Crippen molar-refractivity contribution < 1.29 is 10.2 Å². The predicted molar refractivity (Wildman–Crippen MR) is 41.7 cm³/mol. The van der Waals surface area contributed by atoms with Crippen LogP contribution in [0.25, 0.3) is 0 Å². The van der Waals surface area contributed by atoms with Crippen LogP contribution in [-0.2, 0) is 0 Å². The Morgan fingerprint density at radius 1 is 1.60 bits per heavy atom. The largest absolute Gasteiger partial charge is 0.393 e. The quantitative estimate of drug-likeness (QED) is 0.574. The summed E-state index contributed by atoms with van der Waals surface area (Å²) in [6.45, 7) is 3.47. The summed E-state index contributed by atoms with van der Waals surface area (Å²) in [5.41, 5.74) is 0.778. The lowest BCUT2D eigenvalue weighted by Gasteiger charge is -2.04. The second-order valence-electron chi connectivity index (χ2n) is 2.13. The van der Waals surface area contributed by atoms with Gasteiger partial charge >= 0.3 is 0 Å². The Hall–Kier alpha value is -0.600. The van der Waals surface area contributed by atoms with Crippen LogP contribution in [-0.4, -0.2) is 22.9 Å². The van der Waals surface area contributed by atoms with E-state index < -0.39 is 6.10 Å². The summed E-state index contributed by atoms with van der Waals surface area (Å²) in [5, 5.41) is 17.5. The molecule has 0 aliphatic rings. The fraction of sp³-hybridized carbons (Fsp3) is 0.500. The van der Waals surface area contributed by atoms with Crippen LogP contribution in [0.3, 0.4) is 0 Å².